The lowest BCUT2D eigenvalue weighted by Gasteiger charge is -2.22. The van der Waals surface area contributed by atoms with Gasteiger partial charge in [0.1, 0.15) is 11.2 Å². The van der Waals surface area contributed by atoms with Gasteiger partial charge >= 0.3 is 0 Å². The summed E-state index contributed by atoms with van der Waals surface area (Å²) in [5.74, 6) is -0.137. The molecule has 4 nitrogen and oxygen atoms in total. The molecule has 2 aliphatic rings. The fraction of sp³-hybridized carbons (Fsp3) is 0.625. The largest absolute Gasteiger partial charge is 0.310 e. The molecular formula is C8H10FN3OS. The quantitative estimate of drug-likeness (QED) is 0.701. The van der Waals surface area contributed by atoms with Gasteiger partial charge in [0, 0.05) is 0 Å². The Morgan fingerprint density at radius 3 is 2.93 bits per heavy atom. The van der Waals surface area contributed by atoms with Crippen LogP contribution >= 0.6 is 11.8 Å². The number of hydrogen-bond acceptors (Lipinski definition) is 4. The standard InChI is InChI=1S/C8H10FN3OS/c1-3(9)6-11-7(13)5-8(12-6)14-4(2)10-5/h3,5,8H,1-2H3,(H,11,12,13). The molecule has 76 valence electrons. The summed E-state index contributed by atoms with van der Waals surface area (Å²) in [5, 5.41) is 2.98. The second-order valence-electron chi connectivity index (χ2n) is 3.22. The Morgan fingerprint density at radius 2 is 2.29 bits per heavy atom. The number of amidine groups is 1. The molecule has 1 N–H and O–H groups in total. The number of nitrogens with zero attached hydrogens (tertiary/aromatic N) is 2. The van der Waals surface area contributed by atoms with Crippen LogP contribution in [-0.2, 0) is 4.79 Å². The van der Waals surface area contributed by atoms with Crippen molar-refractivity contribution in [1.29, 1.82) is 0 Å². The molecular weight excluding hydrogens is 205 g/mol. The van der Waals surface area contributed by atoms with E-state index in [0.29, 0.717) is 0 Å². The number of aliphatic imine (C=N–C) groups is 2. The van der Waals surface area contributed by atoms with Gasteiger partial charge in [-0.05, 0) is 13.8 Å². The lowest BCUT2D eigenvalue weighted by molar-refractivity contribution is -0.121. The summed E-state index contributed by atoms with van der Waals surface area (Å²) >= 11 is 1.41. The van der Waals surface area contributed by atoms with Gasteiger partial charge in [0.25, 0.3) is 5.91 Å². The first-order chi connectivity index (χ1) is 6.58. The zero-order valence-corrected chi connectivity index (χ0v) is 8.64. The van der Waals surface area contributed by atoms with Crippen LogP contribution in [0.2, 0.25) is 0 Å². The summed E-state index contributed by atoms with van der Waals surface area (Å²) in [4.78, 5) is 19.7. The summed E-state index contributed by atoms with van der Waals surface area (Å²) < 4.78 is 12.9. The fourth-order valence-electron chi connectivity index (χ4n) is 1.39. The van der Waals surface area contributed by atoms with Gasteiger partial charge in [-0.2, -0.15) is 0 Å². The Bertz CT molecular complexity index is 339. The van der Waals surface area contributed by atoms with Crippen molar-refractivity contribution in [2.45, 2.75) is 31.4 Å². The second-order valence-corrected chi connectivity index (χ2v) is 4.53. The van der Waals surface area contributed by atoms with Crippen molar-refractivity contribution in [2.75, 3.05) is 0 Å². The molecule has 0 fully saturated rings. The topological polar surface area (TPSA) is 53.8 Å². The number of carbonyl (C=O) groups excluding carboxylic acids is 1. The van der Waals surface area contributed by atoms with Gasteiger partial charge in [0.05, 0.1) is 5.04 Å². The summed E-state index contributed by atoms with van der Waals surface area (Å²) in [6.07, 6.45) is -1.23. The van der Waals surface area contributed by atoms with E-state index in [2.05, 4.69) is 15.3 Å². The van der Waals surface area contributed by atoms with Crippen molar-refractivity contribution in [3.8, 4) is 0 Å². The van der Waals surface area contributed by atoms with Gasteiger partial charge in [-0.3, -0.25) is 14.8 Å². The molecule has 1 amide bonds. The van der Waals surface area contributed by atoms with Crippen molar-refractivity contribution >= 4 is 28.5 Å². The minimum absolute atomic E-state index is 0.119. The minimum atomic E-state index is -1.23. The molecule has 0 spiro atoms. The van der Waals surface area contributed by atoms with Crippen LogP contribution in [0.15, 0.2) is 9.98 Å². The van der Waals surface area contributed by atoms with Crippen LogP contribution in [-0.4, -0.2) is 34.4 Å². The highest BCUT2D eigenvalue weighted by Gasteiger charge is 2.38. The molecule has 0 radical (unpaired) electrons. The summed E-state index contributed by atoms with van der Waals surface area (Å²) in [6, 6.07) is -0.470. The van der Waals surface area contributed by atoms with Gasteiger partial charge in [-0.15, -0.1) is 0 Å². The second kappa shape index (κ2) is 3.34. The number of carbonyl (C=O) groups is 1. The Hall–Kier alpha value is -0.910. The van der Waals surface area contributed by atoms with Crippen LogP contribution in [0.5, 0.6) is 0 Å². The third-order valence-electron chi connectivity index (χ3n) is 2.05. The first-order valence-corrected chi connectivity index (χ1v) is 5.19. The normalized spacial score (nSPS) is 32.9. The maximum Gasteiger partial charge on any atom is 0.253 e. The number of fused-ring (bicyclic) bond motifs is 1. The predicted octanol–water partition coefficient (Wildman–Crippen LogP) is 0.733. The van der Waals surface area contributed by atoms with E-state index in [1.807, 2.05) is 6.92 Å². The smallest absolute Gasteiger partial charge is 0.253 e. The molecule has 0 aromatic rings. The molecule has 2 rings (SSSR count). The number of amides is 1. The number of alkyl halides is 1. The van der Waals surface area contributed by atoms with Crippen LogP contribution in [0.3, 0.4) is 0 Å². The zero-order chi connectivity index (χ0) is 10.3. The van der Waals surface area contributed by atoms with Crippen LogP contribution in [0.25, 0.3) is 0 Å². The molecule has 6 heteroatoms. The summed E-state index contributed by atoms with van der Waals surface area (Å²) in [6.45, 7) is 3.18. The van der Waals surface area contributed by atoms with Gasteiger partial charge in [0.15, 0.2) is 12.2 Å². The first kappa shape index (κ1) is 9.64. The highest BCUT2D eigenvalue weighted by molar-refractivity contribution is 8.14. The van der Waals surface area contributed by atoms with Crippen LogP contribution in [0.1, 0.15) is 13.8 Å². The molecule has 0 saturated carbocycles. The van der Waals surface area contributed by atoms with E-state index < -0.39 is 12.2 Å². The average molecular weight is 215 g/mol. The summed E-state index contributed by atoms with van der Waals surface area (Å²) in [5.41, 5.74) is 0. The molecule has 0 aromatic heterocycles. The third-order valence-corrected chi connectivity index (χ3v) is 3.10. The highest BCUT2D eigenvalue weighted by atomic mass is 32.2. The van der Waals surface area contributed by atoms with Crippen molar-refractivity contribution in [1.82, 2.24) is 5.32 Å². The van der Waals surface area contributed by atoms with Gasteiger partial charge < -0.3 is 5.32 Å². The van der Waals surface area contributed by atoms with Crippen molar-refractivity contribution in [2.24, 2.45) is 9.98 Å². The van der Waals surface area contributed by atoms with Crippen molar-refractivity contribution in [3.63, 3.8) is 0 Å². The number of hydrogen-bond donors (Lipinski definition) is 1. The third kappa shape index (κ3) is 1.54. The molecule has 3 unspecified atom stereocenters. The van der Waals surface area contributed by atoms with Gasteiger partial charge in [-0.1, -0.05) is 11.8 Å². The lowest BCUT2D eigenvalue weighted by atomic mass is 10.2. The lowest BCUT2D eigenvalue weighted by Crippen LogP contribution is -2.48. The molecule has 0 saturated heterocycles. The molecule has 0 bridgehead atoms. The van der Waals surface area contributed by atoms with E-state index >= 15 is 0 Å². The van der Waals surface area contributed by atoms with Gasteiger partial charge in [0.2, 0.25) is 0 Å². The number of nitrogens with one attached hydrogen (secondary N) is 1. The molecule has 14 heavy (non-hydrogen) atoms. The maximum absolute atomic E-state index is 12.9. The van der Waals surface area contributed by atoms with E-state index in [-0.39, 0.29) is 17.1 Å². The molecule has 0 aromatic carbocycles. The highest BCUT2D eigenvalue weighted by Crippen LogP contribution is 2.30. The van der Waals surface area contributed by atoms with Crippen LogP contribution in [0, 0.1) is 0 Å². The monoisotopic (exact) mass is 215 g/mol. The Kier molecular flexibility index (Phi) is 2.30. The van der Waals surface area contributed by atoms with E-state index in [1.165, 1.54) is 18.7 Å². The molecule has 2 aliphatic heterocycles. The van der Waals surface area contributed by atoms with Crippen LogP contribution in [0.4, 0.5) is 4.39 Å². The van der Waals surface area contributed by atoms with Gasteiger partial charge in [-0.25, -0.2) is 4.39 Å². The van der Waals surface area contributed by atoms with E-state index in [0.717, 1.165) is 5.04 Å². The molecule has 0 aliphatic carbocycles. The van der Waals surface area contributed by atoms with Crippen LogP contribution < -0.4 is 5.32 Å². The molecule has 3 atom stereocenters. The maximum atomic E-state index is 12.9. The number of halogens is 1. The summed E-state index contributed by atoms with van der Waals surface area (Å²) in [7, 11) is 0. The fourth-order valence-corrected chi connectivity index (χ4v) is 2.39. The zero-order valence-electron chi connectivity index (χ0n) is 7.82. The number of thioether (sulfide) groups is 1. The van der Waals surface area contributed by atoms with E-state index in [4.69, 9.17) is 0 Å². The predicted molar refractivity (Wildman–Crippen MR) is 54.4 cm³/mol. The molecule has 2 heterocycles. The minimum Gasteiger partial charge on any atom is -0.310 e. The van der Waals surface area contributed by atoms with E-state index in [1.54, 1.807) is 0 Å². The Morgan fingerprint density at radius 1 is 1.57 bits per heavy atom. The van der Waals surface area contributed by atoms with Crippen molar-refractivity contribution in [3.05, 3.63) is 0 Å². The first-order valence-electron chi connectivity index (χ1n) is 4.31. The Balaban J connectivity index is 2.25. The Labute approximate surface area is 85.1 Å². The average Bonchev–Trinajstić information content (AvgIpc) is 2.45. The SMILES string of the molecule is CC1=NC2C(=O)NC(C(C)F)=NC2S1. The number of rotatable bonds is 1. The van der Waals surface area contributed by atoms with Crippen molar-refractivity contribution < 1.29 is 9.18 Å². The van der Waals surface area contributed by atoms with E-state index in [9.17, 15) is 9.18 Å².